The van der Waals surface area contributed by atoms with Crippen LogP contribution in [0.3, 0.4) is 0 Å². The fourth-order valence-corrected chi connectivity index (χ4v) is 1.70. The molecule has 6 nitrogen and oxygen atoms in total. The largest absolute Gasteiger partial charge is 0.394 e. The lowest BCUT2D eigenvalue weighted by Crippen LogP contribution is -2.21. The van der Waals surface area contributed by atoms with Crippen molar-refractivity contribution in [2.24, 2.45) is 0 Å². The molecular formula is C14H14N4O2. The molecule has 6 heteroatoms. The Bertz CT molecular complexity index is 628. The van der Waals surface area contributed by atoms with Gasteiger partial charge < -0.3 is 10.2 Å². The molecule has 0 saturated heterocycles. The maximum Gasteiger partial charge on any atom is 0.190 e. The molecule has 0 aliphatic rings. The first-order valence-corrected chi connectivity index (χ1v) is 6.10. The van der Waals surface area contributed by atoms with E-state index in [4.69, 9.17) is 10.4 Å². The first-order chi connectivity index (χ1) is 9.74. The zero-order valence-corrected chi connectivity index (χ0v) is 10.7. The predicted octanol–water partition coefficient (Wildman–Crippen LogP) is 0.673. The highest BCUT2D eigenvalue weighted by atomic mass is 16.3. The van der Waals surface area contributed by atoms with Crippen molar-refractivity contribution in [1.29, 1.82) is 5.26 Å². The highest BCUT2D eigenvalue weighted by Gasteiger charge is 2.12. The summed E-state index contributed by atoms with van der Waals surface area (Å²) in [5.41, 5.74) is 1.66. The van der Waals surface area contributed by atoms with E-state index in [2.05, 4.69) is 10.3 Å². The van der Waals surface area contributed by atoms with Gasteiger partial charge in [-0.15, -0.1) is 5.10 Å². The molecule has 0 spiro atoms. The van der Waals surface area contributed by atoms with Crippen LogP contribution in [0.5, 0.6) is 0 Å². The van der Waals surface area contributed by atoms with Gasteiger partial charge in [0.2, 0.25) is 0 Å². The van der Waals surface area contributed by atoms with Crippen molar-refractivity contribution in [2.45, 2.75) is 12.6 Å². The zero-order chi connectivity index (χ0) is 14.4. The Hall–Kier alpha value is -2.49. The van der Waals surface area contributed by atoms with Gasteiger partial charge in [-0.1, -0.05) is 41.6 Å². The Balaban J connectivity index is 2.28. The predicted molar refractivity (Wildman–Crippen MR) is 73.2 cm³/mol. The van der Waals surface area contributed by atoms with Crippen LogP contribution in [-0.4, -0.2) is 37.9 Å². The molecule has 0 amide bonds. The number of benzene rings is 1. The van der Waals surface area contributed by atoms with Crippen molar-refractivity contribution in [3.63, 3.8) is 0 Å². The monoisotopic (exact) mass is 270 g/mol. The molecule has 1 atom stereocenters. The molecule has 2 rings (SSSR count). The van der Waals surface area contributed by atoms with Crippen LogP contribution in [0.2, 0.25) is 0 Å². The molecule has 0 bridgehead atoms. The summed E-state index contributed by atoms with van der Waals surface area (Å²) in [6.07, 6.45) is 2.62. The maximum absolute atomic E-state index is 9.46. The Kier molecular flexibility index (Phi) is 4.60. The summed E-state index contributed by atoms with van der Waals surface area (Å²) >= 11 is 0. The number of aliphatic hydroxyl groups is 2. The van der Waals surface area contributed by atoms with Crippen molar-refractivity contribution in [3.05, 3.63) is 47.3 Å². The summed E-state index contributed by atoms with van der Waals surface area (Å²) < 4.78 is 1.40. The summed E-state index contributed by atoms with van der Waals surface area (Å²) in [5, 5.41) is 34.9. The van der Waals surface area contributed by atoms with Crippen LogP contribution in [0.25, 0.3) is 12.2 Å². The zero-order valence-electron chi connectivity index (χ0n) is 10.7. The molecule has 1 aromatic carbocycles. The highest BCUT2D eigenvalue weighted by Crippen LogP contribution is 2.11. The lowest BCUT2D eigenvalue weighted by atomic mass is 10.2. The van der Waals surface area contributed by atoms with Gasteiger partial charge in [-0.25, -0.2) is 4.68 Å². The quantitative estimate of drug-likeness (QED) is 0.832. The van der Waals surface area contributed by atoms with E-state index < -0.39 is 6.10 Å². The van der Waals surface area contributed by atoms with E-state index in [0.29, 0.717) is 5.69 Å². The van der Waals surface area contributed by atoms with Crippen molar-refractivity contribution < 1.29 is 10.2 Å². The Morgan fingerprint density at radius 2 is 2.05 bits per heavy atom. The molecule has 0 fully saturated rings. The molecule has 0 saturated carbocycles. The molecule has 1 heterocycles. The number of nitrogens with zero attached hydrogens (tertiary/aromatic N) is 4. The van der Waals surface area contributed by atoms with E-state index in [-0.39, 0.29) is 18.8 Å². The second-order valence-corrected chi connectivity index (χ2v) is 4.20. The molecule has 2 aromatic rings. The third-order valence-electron chi connectivity index (χ3n) is 2.71. The van der Waals surface area contributed by atoms with Crippen LogP contribution in [-0.2, 0) is 6.54 Å². The molecule has 1 aromatic heterocycles. The summed E-state index contributed by atoms with van der Waals surface area (Å²) in [6, 6.07) is 11.6. The SMILES string of the molecule is N#Cc1nnn(CC(O)CO)c1/C=C/c1ccccc1. The van der Waals surface area contributed by atoms with E-state index in [0.717, 1.165) is 5.56 Å². The fraction of sp³-hybridized carbons (Fsp3) is 0.214. The van der Waals surface area contributed by atoms with Gasteiger partial charge in [0, 0.05) is 0 Å². The van der Waals surface area contributed by atoms with Gasteiger partial charge in [0.15, 0.2) is 5.69 Å². The van der Waals surface area contributed by atoms with Gasteiger partial charge in [-0.05, 0) is 11.6 Å². The molecule has 0 aliphatic carbocycles. The van der Waals surface area contributed by atoms with Crippen LogP contribution in [0, 0.1) is 11.3 Å². The number of rotatable bonds is 5. The smallest absolute Gasteiger partial charge is 0.190 e. The van der Waals surface area contributed by atoms with Crippen molar-refractivity contribution in [2.75, 3.05) is 6.61 Å². The Morgan fingerprint density at radius 3 is 2.70 bits per heavy atom. The molecule has 0 aliphatic heterocycles. The number of hydrogen-bond acceptors (Lipinski definition) is 5. The number of hydrogen-bond donors (Lipinski definition) is 2. The van der Waals surface area contributed by atoms with E-state index in [1.165, 1.54) is 4.68 Å². The average Bonchev–Trinajstić information content (AvgIpc) is 2.88. The third kappa shape index (κ3) is 3.29. The fourth-order valence-electron chi connectivity index (χ4n) is 1.70. The minimum atomic E-state index is -0.938. The van der Waals surface area contributed by atoms with Crippen LogP contribution >= 0.6 is 0 Å². The van der Waals surface area contributed by atoms with Crippen molar-refractivity contribution in [1.82, 2.24) is 15.0 Å². The average molecular weight is 270 g/mol. The van der Waals surface area contributed by atoms with Crippen LogP contribution in [0.1, 0.15) is 17.0 Å². The van der Waals surface area contributed by atoms with Gasteiger partial charge in [-0.3, -0.25) is 0 Å². The van der Waals surface area contributed by atoms with E-state index in [9.17, 15) is 5.11 Å². The lowest BCUT2D eigenvalue weighted by molar-refractivity contribution is 0.0776. The van der Waals surface area contributed by atoms with Crippen molar-refractivity contribution in [3.8, 4) is 6.07 Å². The Morgan fingerprint density at radius 1 is 1.30 bits per heavy atom. The summed E-state index contributed by atoms with van der Waals surface area (Å²) in [5.74, 6) is 0. The lowest BCUT2D eigenvalue weighted by Gasteiger charge is -2.07. The Labute approximate surface area is 116 Å². The summed E-state index contributed by atoms with van der Waals surface area (Å²) in [7, 11) is 0. The second-order valence-electron chi connectivity index (χ2n) is 4.20. The number of aliphatic hydroxyl groups excluding tert-OH is 2. The number of aromatic nitrogens is 3. The summed E-state index contributed by atoms with van der Waals surface area (Å²) in [6.45, 7) is -0.288. The molecule has 20 heavy (non-hydrogen) atoms. The second kappa shape index (κ2) is 6.61. The third-order valence-corrected chi connectivity index (χ3v) is 2.71. The van der Waals surface area contributed by atoms with E-state index in [1.54, 1.807) is 6.08 Å². The van der Waals surface area contributed by atoms with Crippen molar-refractivity contribution >= 4 is 12.2 Å². The standard InChI is InChI=1S/C14H14N4O2/c15-8-13-14(7-6-11-4-2-1-3-5-11)18(17-16-13)9-12(20)10-19/h1-7,12,19-20H,9-10H2/b7-6+. The molecule has 2 N–H and O–H groups in total. The molecule has 102 valence electrons. The first-order valence-electron chi connectivity index (χ1n) is 6.10. The van der Waals surface area contributed by atoms with Gasteiger partial charge in [0.05, 0.1) is 24.9 Å². The van der Waals surface area contributed by atoms with Gasteiger partial charge in [0.1, 0.15) is 6.07 Å². The molecular weight excluding hydrogens is 256 g/mol. The van der Waals surface area contributed by atoms with Crippen LogP contribution in [0.15, 0.2) is 30.3 Å². The van der Waals surface area contributed by atoms with Gasteiger partial charge >= 0.3 is 0 Å². The topological polar surface area (TPSA) is 95.0 Å². The normalized spacial score (nSPS) is 12.4. The maximum atomic E-state index is 9.46. The molecule has 0 radical (unpaired) electrons. The van der Waals surface area contributed by atoms with E-state index in [1.807, 2.05) is 42.5 Å². The van der Waals surface area contributed by atoms with E-state index >= 15 is 0 Å². The molecule has 1 unspecified atom stereocenters. The van der Waals surface area contributed by atoms with Crippen LogP contribution < -0.4 is 0 Å². The highest BCUT2D eigenvalue weighted by molar-refractivity contribution is 5.69. The van der Waals surface area contributed by atoms with Gasteiger partial charge in [-0.2, -0.15) is 5.26 Å². The summed E-state index contributed by atoms with van der Waals surface area (Å²) in [4.78, 5) is 0. The minimum absolute atomic E-state index is 0.0830. The van der Waals surface area contributed by atoms with Crippen LogP contribution in [0.4, 0.5) is 0 Å². The van der Waals surface area contributed by atoms with Gasteiger partial charge in [0.25, 0.3) is 0 Å². The first kappa shape index (κ1) is 13.9. The minimum Gasteiger partial charge on any atom is -0.394 e. The number of nitriles is 1.